The third-order valence-electron chi connectivity index (χ3n) is 3.56. The molecule has 0 aromatic heterocycles. The summed E-state index contributed by atoms with van der Waals surface area (Å²) in [7, 11) is 0. The maximum absolute atomic E-state index is 12.5. The molecule has 0 saturated carbocycles. The van der Waals surface area contributed by atoms with Gasteiger partial charge in [-0.2, -0.15) is 0 Å². The third-order valence-corrected chi connectivity index (χ3v) is 3.97. The van der Waals surface area contributed by atoms with Crippen LogP contribution in [-0.2, 0) is 0 Å². The molecule has 0 spiro atoms. The van der Waals surface area contributed by atoms with Gasteiger partial charge in [0.15, 0.2) is 0 Å². The standard InChI is InChI=1S/C15H9ClN2O4/c1-8-12(16)3-2-4-13(8)17-14(19)10-6-5-9(18(21)22)7-11(10)15(17)20/h2-7H,1H3. The van der Waals surface area contributed by atoms with E-state index in [2.05, 4.69) is 0 Å². The number of anilines is 1. The Bertz CT molecular complexity index is 847. The molecule has 1 heterocycles. The molecular formula is C15H9ClN2O4. The Morgan fingerprint density at radius 3 is 2.45 bits per heavy atom. The van der Waals surface area contributed by atoms with Crippen molar-refractivity contribution in [3.8, 4) is 0 Å². The first-order chi connectivity index (χ1) is 10.4. The van der Waals surface area contributed by atoms with E-state index < -0.39 is 16.7 Å². The second-order valence-corrected chi connectivity index (χ2v) is 5.22. The van der Waals surface area contributed by atoms with Gasteiger partial charge in [-0.05, 0) is 30.7 Å². The maximum atomic E-state index is 12.5. The van der Waals surface area contributed by atoms with E-state index >= 15 is 0 Å². The zero-order valence-electron chi connectivity index (χ0n) is 11.4. The first-order valence-electron chi connectivity index (χ1n) is 6.34. The summed E-state index contributed by atoms with van der Waals surface area (Å²) in [6.07, 6.45) is 0. The van der Waals surface area contributed by atoms with Crippen LogP contribution in [0.5, 0.6) is 0 Å². The molecule has 3 rings (SSSR count). The van der Waals surface area contributed by atoms with Crippen molar-refractivity contribution in [3.05, 3.63) is 68.2 Å². The van der Waals surface area contributed by atoms with Crippen molar-refractivity contribution in [1.29, 1.82) is 0 Å². The van der Waals surface area contributed by atoms with Gasteiger partial charge in [-0.15, -0.1) is 0 Å². The van der Waals surface area contributed by atoms with Crippen LogP contribution in [0.2, 0.25) is 5.02 Å². The highest BCUT2D eigenvalue weighted by molar-refractivity contribution is 6.36. The van der Waals surface area contributed by atoms with Crippen molar-refractivity contribution in [2.45, 2.75) is 6.92 Å². The van der Waals surface area contributed by atoms with Crippen LogP contribution in [-0.4, -0.2) is 16.7 Å². The second kappa shape index (κ2) is 4.92. The summed E-state index contributed by atoms with van der Waals surface area (Å²) >= 11 is 6.03. The predicted octanol–water partition coefficient (Wildman–Crippen LogP) is 3.36. The lowest BCUT2D eigenvalue weighted by molar-refractivity contribution is -0.384. The quantitative estimate of drug-likeness (QED) is 0.483. The Kier molecular flexibility index (Phi) is 3.18. The molecule has 0 saturated heterocycles. The van der Waals surface area contributed by atoms with Gasteiger partial charge in [0.25, 0.3) is 17.5 Å². The highest BCUT2D eigenvalue weighted by atomic mass is 35.5. The van der Waals surface area contributed by atoms with Gasteiger partial charge in [-0.3, -0.25) is 19.7 Å². The number of halogens is 1. The molecular weight excluding hydrogens is 308 g/mol. The normalized spacial score (nSPS) is 13.5. The highest BCUT2D eigenvalue weighted by Gasteiger charge is 2.38. The Balaban J connectivity index is 2.14. The van der Waals surface area contributed by atoms with Gasteiger partial charge in [-0.1, -0.05) is 17.7 Å². The van der Waals surface area contributed by atoms with Crippen LogP contribution >= 0.6 is 11.6 Å². The fourth-order valence-electron chi connectivity index (χ4n) is 2.40. The summed E-state index contributed by atoms with van der Waals surface area (Å²) in [6, 6.07) is 8.53. The van der Waals surface area contributed by atoms with Gasteiger partial charge in [0.1, 0.15) is 0 Å². The molecule has 2 aromatic rings. The van der Waals surface area contributed by atoms with E-state index in [-0.39, 0.29) is 16.8 Å². The van der Waals surface area contributed by atoms with Crippen molar-refractivity contribution in [3.63, 3.8) is 0 Å². The number of amides is 2. The van der Waals surface area contributed by atoms with Crippen LogP contribution in [0.15, 0.2) is 36.4 Å². The van der Waals surface area contributed by atoms with E-state index in [0.717, 1.165) is 11.0 Å². The highest BCUT2D eigenvalue weighted by Crippen LogP contribution is 2.34. The molecule has 7 heteroatoms. The number of carbonyl (C=O) groups is 2. The monoisotopic (exact) mass is 316 g/mol. The van der Waals surface area contributed by atoms with Gasteiger partial charge in [0.05, 0.1) is 21.7 Å². The summed E-state index contributed by atoms with van der Waals surface area (Å²) in [5, 5.41) is 11.2. The predicted molar refractivity (Wildman–Crippen MR) is 80.4 cm³/mol. The maximum Gasteiger partial charge on any atom is 0.270 e. The lowest BCUT2D eigenvalue weighted by atomic mass is 10.1. The second-order valence-electron chi connectivity index (χ2n) is 4.82. The fourth-order valence-corrected chi connectivity index (χ4v) is 2.57. The van der Waals surface area contributed by atoms with Gasteiger partial charge < -0.3 is 0 Å². The van der Waals surface area contributed by atoms with Gasteiger partial charge in [-0.25, -0.2) is 4.90 Å². The van der Waals surface area contributed by atoms with Crippen LogP contribution < -0.4 is 4.90 Å². The first-order valence-corrected chi connectivity index (χ1v) is 6.72. The number of nitro groups is 1. The third kappa shape index (κ3) is 1.96. The van der Waals surface area contributed by atoms with E-state index in [1.165, 1.54) is 12.1 Å². The molecule has 0 unspecified atom stereocenters. The number of fused-ring (bicyclic) bond motifs is 1. The molecule has 0 fully saturated rings. The zero-order valence-corrected chi connectivity index (χ0v) is 12.1. The number of hydrogen-bond donors (Lipinski definition) is 0. The number of nitrogens with zero attached hydrogens (tertiary/aromatic N) is 2. The zero-order chi connectivity index (χ0) is 16.0. The molecule has 0 bridgehead atoms. The number of hydrogen-bond acceptors (Lipinski definition) is 4. The van der Waals surface area contributed by atoms with Crippen molar-refractivity contribution in [1.82, 2.24) is 0 Å². The Labute approximate surface area is 130 Å². The van der Waals surface area contributed by atoms with E-state index in [0.29, 0.717) is 16.3 Å². The largest absolute Gasteiger partial charge is 0.270 e. The molecule has 2 aromatic carbocycles. The number of carbonyl (C=O) groups excluding carboxylic acids is 2. The molecule has 0 aliphatic carbocycles. The molecule has 0 radical (unpaired) electrons. The average molecular weight is 317 g/mol. The molecule has 22 heavy (non-hydrogen) atoms. The van der Waals surface area contributed by atoms with E-state index in [1.54, 1.807) is 25.1 Å². The van der Waals surface area contributed by atoms with Crippen molar-refractivity contribution < 1.29 is 14.5 Å². The van der Waals surface area contributed by atoms with E-state index in [1.807, 2.05) is 0 Å². The minimum atomic E-state index is -0.606. The molecule has 2 amide bonds. The van der Waals surface area contributed by atoms with Gasteiger partial charge in [0, 0.05) is 17.2 Å². The van der Waals surface area contributed by atoms with Crippen LogP contribution in [0.3, 0.4) is 0 Å². The molecule has 110 valence electrons. The molecule has 1 aliphatic heterocycles. The lowest BCUT2D eigenvalue weighted by Crippen LogP contribution is -2.30. The summed E-state index contributed by atoms with van der Waals surface area (Å²) in [5.41, 5.74) is 0.910. The van der Waals surface area contributed by atoms with Gasteiger partial charge in [0.2, 0.25) is 0 Å². The minimum Gasteiger partial charge on any atom is -0.268 e. The molecule has 6 nitrogen and oxygen atoms in total. The summed E-state index contributed by atoms with van der Waals surface area (Å²) < 4.78 is 0. The minimum absolute atomic E-state index is 0.0265. The van der Waals surface area contributed by atoms with E-state index in [4.69, 9.17) is 11.6 Å². The van der Waals surface area contributed by atoms with Crippen LogP contribution in [0.25, 0.3) is 0 Å². The first kappa shape index (κ1) is 14.2. The Morgan fingerprint density at radius 1 is 1.09 bits per heavy atom. The van der Waals surface area contributed by atoms with Crippen molar-refractivity contribution >= 4 is 34.8 Å². The van der Waals surface area contributed by atoms with E-state index in [9.17, 15) is 19.7 Å². The summed E-state index contributed by atoms with van der Waals surface area (Å²) in [4.78, 5) is 36.1. The van der Waals surface area contributed by atoms with Crippen molar-refractivity contribution in [2.24, 2.45) is 0 Å². The topological polar surface area (TPSA) is 80.5 Å². The number of non-ortho nitro benzene ring substituents is 1. The van der Waals surface area contributed by atoms with Crippen LogP contribution in [0.1, 0.15) is 26.3 Å². The van der Waals surface area contributed by atoms with Gasteiger partial charge >= 0.3 is 0 Å². The Hall–Kier alpha value is -2.73. The van der Waals surface area contributed by atoms with Crippen LogP contribution in [0, 0.1) is 17.0 Å². The number of imide groups is 1. The van der Waals surface area contributed by atoms with Crippen LogP contribution in [0.4, 0.5) is 11.4 Å². The fraction of sp³-hybridized carbons (Fsp3) is 0.0667. The molecule has 1 aliphatic rings. The number of benzene rings is 2. The lowest BCUT2D eigenvalue weighted by Gasteiger charge is -2.17. The Morgan fingerprint density at radius 2 is 1.77 bits per heavy atom. The number of nitro benzene ring substituents is 1. The molecule has 0 N–H and O–H groups in total. The smallest absolute Gasteiger partial charge is 0.268 e. The summed E-state index contributed by atoms with van der Waals surface area (Å²) in [6.45, 7) is 1.70. The molecule has 0 atom stereocenters. The number of rotatable bonds is 2. The average Bonchev–Trinajstić information content (AvgIpc) is 2.74. The summed E-state index contributed by atoms with van der Waals surface area (Å²) in [5.74, 6) is -1.10. The SMILES string of the molecule is Cc1c(Cl)cccc1N1C(=O)c2ccc([N+](=O)[O-])cc2C1=O. The van der Waals surface area contributed by atoms with Crippen molar-refractivity contribution in [2.75, 3.05) is 4.90 Å².